The van der Waals surface area contributed by atoms with E-state index >= 15 is 0 Å². The van der Waals surface area contributed by atoms with Crippen molar-refractivity contribution in [3.63, 3.8) is 0 Å². The molecular formula is C19H24Cl2I29N2O5S-. The molecule has 2 rings (SSSR count). The molecular weight excluding hydrogens is 4120 g/mol. The number of ether oxygens (including phenoxy) is 1. The summed E-state index contributed by atoms with van der Waals surface area (Å²) >= 11 is 47.8. The van der Waals surface area contributed by atoms with Crippen LogP contribution < -0.4 is 23.9 Å². The van der Waals surface area contributed by atoms with Gasteiger partial charge in [0.25, 0.3) is 0 Å². The van der Waals surface area contributed by atoms with E-state index in [0.717, 1.165) is 11.1 Å². The Morgan fingerprint density at radius 3 is 1.12 bits per heavy atom. The van der Waals surface area contributed by atoms with Crippen molar-refractivity contribution >= 4 is 424 Å². The molecule has 3 N–H and O–H groups in total. The van der Waals surface area contributed by atoms with Crippen LogP contribution in [0.15, 0.2) is 60.7 Å². The quantitative estimate of drug-likeness (QED) is 0.0731. The first kappa shape index (κ1) is 79.3. The zero-order valence-electron chi connectivity index (χ0n) is 27.1. The van der Waals surface area contributed by atoms with E-state index in [1.54, 1.807) is 26.2 Å². The molecule has 0 aliphatic rings. The van der Waals surface area contributed by atoms with Gasteiger partial charge in [-0.05, 0) is 25.2 Å². The zero-order chi connectivity index (χ0) is 45.4. The summed E-state index contributed by atoms with van der Waals surface area (Å²) in [5.74, 6) is -1.13. The van der Waals surface area contributed by atoms with E-state index in [-0.39, 0.29) is 19.9 Å². The van der Waals surface area contributed by atoms with Gasteiger partial charge in [0.15, 0.2) is 0 Å². The van der Waals surface area contributed by atoms with Crippen molar-refractivity contribution < 1.29 is 36.9 Å². The Morgan fingerprint density at radius 1 is 0.603 bits per heavy atom. The molecule has 2 atom stereocenters. The van der Waals surface area contributed by atoms with E-state index in [2.05, 4.69) is 316 Å². The van der Waals surface area contributed by atoms with Crippen LogP contribution in [0.5, 0.6) is 0 Å². The van der Waals surface area contributed by atoms with E-state index in [1.165, 1.54) is 7.11 Å². The molecule has 0 bridgehead atoms. The van der Waals surface area contributed by atoms with E-state index in [9.17, 15) is 9.59 Å². The van der Waals surface area contributed by atoms with Crippen LogP contribution in [-0.2, 0) is 23.6 Å². The number of likely N-dealkylation sites (N-methyl/N-ethyl adjacent to an activating group) is 2. The first-order valence-corrected chi connectivity index (χ1v) is 191. The van der Waals surface area contributed by atoms with Gasteiger partial charge in [-0.25, -0.2) is 9.00 Å². The zero-order valence-corrected chi connectivity index (χ0v) is 92.0. The number of carboxylic acids is 1. The molecule has 0 aliphatic carbocycles. The van der Waals surface area contributed by atoms with Gasteiger partial charge in [-0.15, -0.1) is 0 Å². The summed E-state index contributed by atoms with van der Waals surface area (Å²) in [6.07, 6.45) is 0. The van der Waals surface area contributed by atoms with E-state index in [4.69, 9.17) is 9.32 Å². The molecule has 39 heteroatoms. The average Bonchev–Trinajstić information content (AvgIpc) is 3.21. The minimum atomic E-state index is -1.67. The Kier molecular flexibility index (Phi) is 67.8. The van der Waals surface area contributed by atoms with Gasteiger partial charge in [-0.1, -0.05) is 60.7 Å². The standard InChI is InChI=1S/C10H13NO2.C9H11NO2.Cl2OS.I29/c1-11-9(10(12)13-2)8-6-4-3-5-7-8;1-10-8(9(11)12)7-5-3-2-4-6-7;1-4(2)3;1-16-18(4)20(6)22(8)24(10)26(12)28(14)29(15)27(13)25(11)23(9)21(7)19(5)17(2)3/h3-7,9,11H,1-2H3;2-6,8,10H,1H3,(H,11,12);;/q;;;-1/t9-;8-;;/m00../s1. The van der Waals surface area contributed by atoms with Crippen molar-refractivity contribution in [3.8, 4) is 0 Å². The third kappa shape index (κ3) is 36.0. The number of carbonyl (C=O) groups excluding carboxylic acids is 1. The number of nitrogens with one attached hydrogen (secondary N) is 2. The molecule has 0 saturated heterocycles. The molecule has 2 aromatic carbocycles. The maximum absolute atomic E-state index is 11.3. The molecule has 2 aromatic rings. The number of carboxylic acid groups (broad SMARTS) is 1. The SMILES string of the molecule is CN[C@H](C(=O)O)c1ccccc1.CN[C@H](C(=O)OC)c1ccccc1.I[I-]I(I)I(I)I(I)I(I)I(I)I(I)I(I)I(I)I(I)I(I)I(I)I(I)I(I)I.O=S(Cl)Cl. The molecule has 0 amide bonds. The van der Waals surface area contributed by atoms with E-state index in [1.807, 2.05) is 48.5 Å². The second-order valence-corrected chi connectivity index (χ2v) is 660. The van der Waals surface area contributed by atoms with E-state index in [0.29, 0.717) is 13.3 Å². The largest absolute Gasteiger partial charge is 0.225 e. The van der Waals surface area contributed by atoms with Crippen molar-refractivity contribution in [2.45, 2.75) is 12.1 Å². The van der Waals surface area contributed by atoms with Gasteiger partial charge in [0, 0.05) is 21.4 Å². The van der Waals surface area contributed by atoms with Crippen molar-refractivity contribution in [1.29, 1.82) is 0 Å². The minimum Gasteiger partial charge on any atom is -0.225 e. The number of rotatable bonds is 19. The van der Waals surface area contributed by atoms with Gasteiger partial charge < -0.3 is 20.5 Å². The molecule has 0 aliphatic heterocycles. The molecule has 7 nitrogen and oxygen atoms in total. The minimum absolute atomic E-state index is 0.270. The summed E-state index contributed by atoms with van der Waals surface area (Å²) < 4.78 is 13.7. The van der Waals surface area contributed by atoms with Gasteiger partial charge in [-0.3, -0.25) is 4.79 Å². The van der Waals surface area contributed by atoms with Crippen LogP contribution in [0, 0.1) is 0 Å². The molecule has 0 fully saturated rings. The second-order valence-electron chi connectivity index (χ2n) is 7.47. The van der Waals surface area contributed by atoms with Crippen LogP contribution in [-0.4, -0.2) is 42.5 Å². The molecule has 0 radical (unpaired) electrons. The van der Waals surface area contributed by atoms with Crippen molar-refractivity contribution in [2.75, 3.05) is 21.2 Å². The number of methoxy groups -OCH3 is 1. The maximum Gasteiger partial charge on any atom is 0.211 e. The number of aliphatic carboxylic acids is 1. The summed E-state index contributed by atoms with van der Waals surface area (Å²) in [6.45, 7) is 0. The molecule has 58 heavy (non-hydrogen) atoms. The van der Waals surface area contributed by atoms with Gasteiger partial charge >= 0.3 is 407 Å². The fourth-order valence-electron chi connectivity index (χ4n) is 2.62. The molecule has 0 spiro atoms. The fourth-order valence-corrected chi connectivity index (χ4v) is 4820. The van der Waals surface area contributed by atoms with Crippen molar-refractivity contribution in [1.82, 2.24) is 10.6 Å². The van der Waals surface area contributed by atoms with Crippen LogP contribution in [0.1, 0.15) is 23.2 Å². The van der Waals surface area contributed by atoms with Crippen LogP contribution in [0.2, 0.25) is 0 Å². The number of hydrogen-bond acceptors (Lipinski definition) is 6. The summed E-state index contributed by atoms with van der Waals surface area (Å²) in [5, 5.41) is 14.4. The smallest absolute Gasteiger partial charge is 0.211 e. The normalized spacial score (nSPS) is 15.0. The predicted octanol–water partition coefficient (Wildman–Crippen LogP) is 25.0. The summed E-state index contributed by atoms with van der Waals surface area (Å²) in [7, 11) is 6.34. The van der Waals surface area contributed by atoms with Crippen LogP contribution in [0.3, 0.4) is 0 Å². The molecule has 0 unspecified atom stereocenters. The Morgan fingerprint density at radius 2 is 0.879 bits per heavy atom. The number of benzene rings is 2. The van der Waals surface area contributed by atoms with Gasteiger partial charge in [0.1, 0.15) is 12.1 Å². The maximum atomic E-state index is 11.3. The summed E-state index contributed by atoms with van der Waals surface area (Å²) in [4.78, 5) is 21.9. The summed E-state index contributed by atoms with van der Waals surface area (Å²) in [5.41, 5.74) is 1.68. The number of esters is 1. The second kappa shape index (κ2) is 49.6. The van der Waals surface area contributed by atoms with Crippen LogP contribution in [0.4, 0.5) is 0 Å². The monoisotopic (exact) mass is 4140 g/mol. The molecule has 0 saturated carbocycles. The number of hydrogen-bond donors (Lipinski definition) is 3. The number of halogens is 31. The fraction of sp³-hybridized carbons (Fsp3) is 0.263. The van der Waals surface area contributed by atoms with Crippen LogP contribution in [0.25, 0.3) is 0 Å². The summed E-state index contributed by atoms with van der Waals surface area (Å²) in [6, 6.07) is 17.6. The third-order valence-corrected chi connectivity index (χ3v) is 2070. The van der Waals surface area contributed by atoms with Crippen molar-refractivity contribution in [2.24, 2.45) is 0 Å². The first-order valence-electron chi connectivity index (χ1n) is 12.3. The Bertz CT molecular complexity index is 1430. The van der Waals surface area contributed by atoms with Gasteiger partial charge in [0.2, 0.25) is 9.23 Å². The molecule has 364 valence electrons. The predicted molar refractivity (Wildman–Crippen MR) is 509 cm³/mol. The number of carbonyl (C=O) groups is 2. The Hall–Kier alpha value is 19.2. The van der Waals surface area contributed by atoms with Crippen LogP contribution >= 0.6 is 403 Å². The molecule has 0 heterocycles. The van der Waals surface area contributed by atoms with E-state index < -0.39 is 116 Å². The third-order valence-electron chi connectivity index (χ3n) is 4.55. The molecule has 0 aromatic heterocycles. The topological polar surface area (TPSA) is 105 Å². The Labute approximate surface area is 552 Å². The Balaban J connectivity index is 0. The van der Waals surface area contributed by atoms with Gasteiger partial charge in [-0.2, -0.15) is 0 Å². The van der Waals surface area contributed by atoms with Crippen molar-refractivity contribution in [3.05, 3.63) is 71.8 Å². The van der Waals surface area contributed by atoms with Gasteiger partial charge in [0.05, 0.1) is 7.11 Å². The first-order chi connectivity index (χ1) is 27.0. The average molecular weight is 4140 g/mol.